The maximum absolute atomic E-state index is 12.4. The second kappa shape index (κ2) is 6.41. The summed E-state index contributed by atoms with van der Waals surface area (Å²) < 4.78 is 6.41. The molecule has 0 spiro atoms. The summed E-state index contributed by atoms with van der Waals surface area (Å²) in [4.78, 5) is 14.9. The number of amides is 1. The smallest absolute Gasteiger partial charge is 0.264 e. The van der Waals surface area contributed by atoms with Gasteiger partial charge in [-0.05, 0) is 31.0 Å². The molecule has 2 aromatic heterocycles. The van der Waals surface area contributed by atoms with Gasteiger partial charge in [-0.15, -0.1) is 16.4 Å². The van der Waals surface area contributed by atoms with Crippen LogP contribution in [0.3, 0.4) is 0 Å². The molecule has 1 unspecified atom stereocenters. The van der Waals surface area contributed by atoms with E-state index >= 15 is 0 Å². The van der Waals surface area contributed by atoms with Crippen molar-refractivity contribution in [1.29, 1.82) is 0 Å². The number of nitrogens with zero attached hydrogens (tertiary/aromatic N) is 3. The van der Waals surface area contributed by atoms with Crippen molar-refractivity contribution in [3.63, 3.8) is 0 Å². The van der Waals surface area contributed by atoms with Crippen LogP contribution in [0.15, 0.2) is 30.5 Å². The third-order valence-electron chi connectivity index (χ3n) is 3.28. The largest absolute Gasteiger partial charge is 0.471 e. The van der Waals surface area contributed by atoms with E-state index in [1.807, 2.05) is 4.90 Å². The highest BCUT2D eigenvalue weighted by atomic mass is 35.5. The third kappa shape index (κ3) is 3.51. The number of hydrogen-bond donors (Lipinski definition) is 0. The summed E-state index contributed by atoms with van der Waals surface area (Å²) in [5.41, 5.74) is 0. The van der Waals surface area contributed by atoms with Crippen molar-refractivity contribution in [2.45, 2.75) is 18.9 Å². The van der Waals surface area contributed by atoms with Gasteiger partial charge in [0, 0.05) is 18.8 Å². The van der Waals surface area contributed by atoms with Crippen molar-refractivity contribution in [2.24, 2.45) is 0 Å². The molecule has 3 rings (SSSR count). The monoisotopic (exact) mass is 323 g/mol. The normalized spacial score (nSPS) is 18.5. The molecule has 1 fully saturated rings. The van der Waals surface area contributed by atoms with Crippen LogP contribution >= 0.6 is 22.9 Å². The Morgan fingerprint density at radius 2 is 2.33 bits per heavy atom. The molecule has 1 saturated heterocycles. The van der Waals surface area contributed by atoms with E-state index in [-0.39, 0.29) is 12.0 Å². The number of aromatic nitrogens is 2. The average Bonchev–Trinajstić information content (AvgIpc) is 2.94. The first-order valence-corrected chi connectivity index (χ1v) is 7.91. The molecule has 1 amide bonds. The number of ether oxygens (including phenoxy) is 1. The van der Waals surface area contributed by atoms with Gasteiger partial charge in [-0.25, -0.2) is 0 Å². The van der Waals surface area contributed by atoms with E-state index in [4.69, 9.17) is 16.3 Å². The number of piperidine rings is 1. The van der Waals surface area contributed by atoms with Gasteiger partial charge in [0.25, 0.3) is 5.91 Å². The van der Waals surface area contributed by atoms with E-state index in [0.717, 1.165) is 19.4 Å². The van der Waals surface area contributed by atoms with Crippen LogP contribution in [-0.4, -0.2) is 40.2 Å². The van der Waals surface area contributed by atoms with E-state index in [2.05, 4.69) is 10.2 Å². The van der Waals surface area contributed by atoms with Crippen LogP contribution in [0, 0.1) is 0 Å². The zero-order valence-electron chi connectivity index (χ0n) is 11.2. The molecule has 0 saturated carbocycles. The highest BCUT2D eigenvalue weighted by Crippen LogP contribution is 2.24. The van der Waals surface area contributed by atoms with Gasteiger partial charge in [-0.3, -0.25) is 4.79 Å². The minimum atomic E-state index is -0.0464. The van der Waals surface area contributed by atoms with Crippen LogP contribution in [0.1, 0.15) is 22.5 Å². The highest BCUT2D eigenvalue weighted by molar-refractivity contribution is 7.17. The minimum absolute atomic E-state index is 0.0133. The maximum atomic E-state index is 12.4. The van der Waals surface area contributed by atoms with E-state index in [1.165, 1.54) is 11.3 Å². The fraction of sp³-hybridized carbons (Fsp3) is 0.357. The van der Waals surface area contributed by atoms with Crippen molar-refractivity contribution in [3.05, 3.63) is 39.7 Å². The summed E-state index contributed by atoms with van der Waals surface area (Å²) in [6.07, 6.45) is 3.38. The molecule has 21 heavy (non-hydrogen) atoms. The molecule has 0 aliphatic carbocycles. The summed E-state index contributed by atoms with van der Waals surface area (Å²) in [5.74, 6) is 0.510. The fourth-order valence-corrected chi connectivity index (χ4v) is 3.34. The van der Waals surface area contributed by atoms with Crippen LogP contribution in [0.5, 0.6) is 5.88 Å². The molecule has 1 aliphatic heterocycles. The SMILES string of the molecule is O=C(c1ccc(Cl)s1)N1CCCC(Oc2cccnn2)C1. The van der Waals surface area contributed by atoms with Gasteiger partial charge in [0.1, 0.15) is 6.10 Å². The molecule has 0 radical (unpaired) electrons. The number of hydrogen-bond acceptors (Lipinski definition) is 5. The van der Waals surface area contributed by atoms with Gasteiger partial charge in [0.05, 0.1) is 15.8 Å². The second-order valence-electron chi connectivity index (χ2n) is 4.80. The second-order valence-corrected chi connectivity index (χ2v) is 6.51. The third-order valence-corrected chi connectivity index (χ3v) is 4.50. The van der Waals surface area contributed by atoms with Crippen LogP contribution in [0.4, 0.5) is 0 Å². The molecule has 0 aromatic carbocycles. The Kier molecular flexibility index (Phi) is 4.36. The Morgan fingerprint density at radius 1 is 1.43 bits per heavy atom. The molecule has 2 aromatic rings. The fourth-order valence-electron chi connectivity index (χ4n) is 2.32. The molecule has 110 valence electrons. The number of carbonyl (C=O) groups is 1. The molecule has 1 aliphatic rings. The van der Waals surface area contributed by atoms with Crippen molar-refractivity contribution >= 4 is 28.8 Å². The highest BCUT2D eigenvalue weighted by Gasteiger charge is 2.26. The van der Waals surface area contributed by atoms with Gasteiger partial charge >= 0.3 is 0 Å². The van der Waals surface area contributed by atoms with Crippen molar-refractivity contribution in [2.75, 3.05) is 13.1 Å². The first-order chi connectivity index (χ1) is 10.2. The number of carbonyl (C=O) groups excluding carboxylic acids is 1. The summed E-state index contributed by atoms with van der Waals surface area (Å²) in [5, 5.41) is 7.70. The number of rotatable bonds is 3. The predicted molar refractivity (Wildman–Crippen MR) is 80.9 cm³/mol. The molecular weight excluding hydrogens is 310 g/mol. The van der Waals surface area contributed by atoms with Crippen LogP contribution in [0.25, 0.3) is 0 Å². The predicted octanol–water partition coefficient (Wildman–Crippen LogP) is 2.88. The molecule has 5 nitrogen and oxygen atoms in total. The zero-order valence-corrected chi connectivity index (χ0v) is 12.8. The minimum Gasteiger partial charge on any atom is -0.471 e. The Morgan fingerprint density at radius 3 is 3.05 bits per heavy atom. The Labute approximate surface area is 131 Å². The molecule has 7 heteroatoms. The van der Waals surface area contributed by atoms with E-state index in [0.29, 0.717) is 21.6 Å². The number of thiophene rings is 1. The molecule has 1 atom stereocenters. The lowest BCUT2D eigenvalue weighted by molar-refractivity contribution is 0.0530. The summed E-state index contributed by atoms with van der Waals surface area (Å²) in [7, 11) is 0. The first-order valence-electron chi connectivity index (χ1n) is 6.71. The number of halogens is 1. The molecule has 0 N–H and O–H groups in total. The quantitative estimate of drug-likeness (QED) is 0.871. The van der Waals surface area contributed by atoms with Crippen molar-refractivity contribution in [1.82, 2.24) is 15.1 Å². The van der Waals surface area contributed by atoms with E-state index in [1.54, 1.807) is 30.5 Å². The van der Waals surface area contributed by atoms with E-state index in [9.17, 15) is 4.79 Å². The standard InChI is InChI=1S/C14H14ClN3O2S/c15-12-6-5-11(21-12)14(19)18-8-2-3-10(9-18)20-13-4-1-7-16-17-13/h1,4-7,10H,2-3,8-9H2. The van der Waals surface area contributed by atoms with Gasteiger partial charge in [0.15, 0.2) is 0 Å². The lowest BCUT2D eigenvalue weighted by atomic mass is 10.1. The zero-order chi connectivity index (χ0) is 14.7. The van der Waals surface area contributed by atoms with Crippen LogP contribution < -0.4 is 4.74 Å². The molecule has 0 bridgehead atoms. The summed E-state index contributed by atoms with van der Waals surface area (Å²) in [6, 6.07) is 7.06. The summed E-state index contributed by atoms with van der Waals surface area (Å²) in [6.45, 7) is 1.31. The van der Waals surface area contributed by atoms with Crippen LogP contribution in [0.2, 0.25) is 4.34 Å². The van der Waals surface area contributed by atoms with Crippen molar-refractivity contribution in [3.8, 4) is 5.88 Å². The van der Waals surface area contributed by atoms with Crippen LogP contribution in [-0.2, 0) is 0 Å². The van der Waals surface area contributed by atoms with Gasteiger partial charge in [0.2, 0.25) is 5.88 Å². The Bertz CT molecular complexity index is 620. The topological polar surface area (TPSA) is 55.3 Å². The maximum Gasteiger partial charge on any atom is 0.264 e. The van der Waals surface area contributed by atoms with Crippen molar-refractivity contribution < 1.29 is 9.53 Å². The van der Waals surface area contributed by atoms with Gasteiger partial charge < -0.3 is 9.64 Å². The van der Waals surface area contributed by atoms with Gasteiger partial charge in [-0.2, -0.15) is 5.10 Å². The molecular formula is C14H14ClN3O2S. The molecule has 3 heterocycles. The Balaban J connectivity index is 1.64. The first kappa shape index (κ1) is 14.3. The van der Waals surface area contributed by atoms with Gasteiger partial charge in [-0.1, -0.05) is 11.6 Å². The summed E-state index contributed by atoms with van der Waals surface area (Å²) >= 11 is 7.19. The van der Waals surface area contributed by atoms with E-state index < -0.39 is 0 Å². The lowest BCUT2D eigenvalue weighted by Gasteiger charge is -2.32. The average molecular weight is 324 g/mol. The Hall–Kier alpha value is -1.66. The lowest BCUT2D eigenvalue weighted by Crippen LogP contribution is -2.44. The number of likely N-dealkylation sites (tertiary alicyclic amines) is 1.